The summed E-state index contributed by atoms with van der Waals surface area (Å²) in [6.07, 6.45) is 1.47. The monoisotopic (exact) mass is 347 g/mol. The fourth-order valence-electron chi connectivity index (χ4n) is 1.77. The molecule has 0 aromatic heterocycles. The molecule has 2 amide bonds. The molecule has 24 heavy (non-hydrogen) atoms. The molecule has 5 nitrogen and oxygen atoms in total. The van der Waals surface area contributed by atoms with E-state index in [0.717, 1.165) is 5.56 Å². The van der Waals surface area contributed by atoms with E-state index in [1.54, 1.807) is 24.3 Å². The number of amides is 2. The molecule has 0 saturated heterocycles. The Hall–Kier alpha value is -2.73. The van der Waals surface area contributed by atoms with Crippen molar-refractivity contribution in [1.29, 1.82) is 0 Å². The first-order chi connectivity index (χ1) is 11.5. The van der Waals surface area contributed by atoms with Crippen LogP contribution in [0.4, 0.5) is 10.1 Å². The van der Waals surface area contributed by atoms with E-state index in [-0.39, 0.29) is 30.5 Å². The molecule has 0 aliphatic heterocycles. The van der Waals surface area contributed by atoms with Gasteiger partial charge in [-0.2, -0.15) is 5.10 Å². The number of carbonyl (C=O) groups excluding carboxylic acids is 2. The first-order valence-electron chi connectivity index (χ1n) is 7.16. The van der Waals surface area contributed by atoms with Crippen molar-refractivity contribution in [2.75, 3.05) is 5.32 Å². The third kappa shape index (κ3) is 6.18. The van der Waals surface area contributed by atoms with Gasteiger partial charge in [-0.15, -0.1) is 0 Å². The van der Waals surface area contributed by atoms with Crippen molar-refractivity contribution in [2.45, 2.75) is 12.8 Å². The molecule has 2 aromatic rings. The first-order valence-corrected chi connectivity index (χ1v) is 7.53. The number of hydrogen-bond donors (Lipinski definition) is 2. The summed E-state index contributed by atoms with van der Waals surface area (Å²) < 4.78 is 12.8. The zero-order valence-corrected chi connectivity index (χ0v) is 13.4. The highest BCUT2D eigenvalue weighted by Crippen LogP contribution is 2.09. The van der Waals surface area contributed by atoms with E-state index in [0.29, 0.717) is 10.7 Å². The van der Waals surface area contributed by atoms with Gasteiger partial charge in [0.1, 0.15) is 5.82 Å². The molecule has 0 fully saturated rings. The topological polar surface area (TPSA) is 70.6 Å². The van der Waals surface area contributed by atoms with Gasteiger partial charge in [-0.3, -0.25) is 9.59 Å². The normalized spacial score (nSPS) is 10.6. The molecule has 0 radical (unpaired) electrons. The summed E-state index contributed by atoms with van der Waals surface area (Å²) in [5.74, 6) is -1.10. The number of anilines is 1. The van der Waals surface area contributed by atoms with Gasteiger partial charge in [0, 0.05) is 23.6 Å². The predicted octanol–water partition coefficient (Wildman–Crippen LogP) is 3.35. The molecule has 124 valence electrons. The van der Waals surface area contributed by atoms with Gasteiger partial charge in [0.25, 0.3) is 0 Å². The Morgan fingerprint density at radius 2 is 1.62 bits per heavy atom. The zero-order chi connectivity index (χ0) is 17.4. The van der Waals surface area contributed by atoms with Crippen molar-refractivity contribution >= 4 is 35.3 Å². The second-order valence-electron chi connectivity index (χ2n) is 4.90. The molecule has 0 aliphatic rings. The number of rotatable bonds is 6. The summed E-state index contributed by atoms with van der Waals surface area (Å²) in [7, 11) is 0. The van der Waals surface area contributed by atoms with Crippen molar-refractivity contribution in [3.63, 3.8) is 0 Å². The highest BCUT2D eigenvalue weighted by molar-refractivity contribution is 6.30. The van der Waals surface area contributed by atoms with Gasteiger partial charge in [-0.25, -0.2) is 9.82 Å². The van der Waals surface area contributed by atoms with E-state index in [2.05, 4.69) is 15.8 Å². The van der Waals surface area contributed by atoms with Crippen molar-refractivity contribution < 1.29 is 14.0 Å². The van der Waals surface area contributed by atoms with E-state index < -0.39 is 0 Å². The second kappa shape index (κ2) is 8.79. The van der Waals surface area contributed by atoms with E-state index in [9.17, 15) is 14.0 Å². The van der Waals surface area contributed by atoms with Crippen molar-refractivity contribution in [2.24, 2.45) is 5.10 Å². The van der Waals surface area contributed by atoms with Crippen LogP contribution in [0.5, 0.6) is 0 Å². The van der Waals surface area contributed by atoms with Gasteiger partial charge < -0.3 is 5.32 Å². The van der Waals surface area contributed by atoms with Crippen LogP contribution in [0.25, 0.3) is 0 Å². The Balaban J connectivity index is 1.71. The van der Waals surface area contributed by atoms with Gasteiger partial charge >= 0.3 is 0 Å². The maximum absolute atomic E-state index is 12.8. The average molecular weight is 348 g/mol. The molecule has 0 saturated carbocycles. The lowest BCUT2D eigenvalue weighted by molar-refractivity contribution is -0.124. The third-order valence-electron chi connectivity index (χ3n) is 2.98. The average Bonchev–Trinajstić information content (AvgIpc) is 2.57. The molecular weight excluding hydrogens is 333 g/mol. The molecule has 0 heterocycles. The van der Waals surface area contributed by atoms with Crippen molar-refractivity contribution in [3.8, 4) is 0 Å². The largest absolute Gasteiger partial charge is 0.326 e. The summed E-state index contributed by atoms with van der Waals surface area (Å²) in [5.41, 5.74) is 3.60. The number of nitrogens with zero attached hydrogens (tertiary/aromatic N) is 1. The van der Waals surface area contributed by atoms with Gasteiger partial charge in [0.2, 0.25) is 11.8 Å². The number of halogens is 2. The summed E-state index contributed by atoms with van der Waals surface area (Å²) in [6, 6.07) is 12.3. The fraction of sp³-hybridized carbons (Fsp3) is 0.118. The van der Waals surface area contributed by atoms with Gasteiger partial charge in [-0.05, 0) is 42.0 Å². The summed E-state index contributed by atoms with van der Waals surface area (Å²) in [4.78, 5) is 23.3. The van der Waals surface area contributed by atoms with Crippen LogP contribution in [0.2, 0.25) is 5.02 Å². The van der Waals surface area contributed by atoms with E-state index in [1.165, 1.54) is 30.5 Å². The Bertz CT molecular complexity index is 731. The lowest BCUT2D eigenvalue weighted by Gasteiger charge is -2.04. The second-order valence-corrected chi connectivity index (χ2v) is 5.34. The van der Waals surface area contributed by atoms with Crippen LogP contribution in [-0.4, -0.2) is 18.0 Å². The minimum Gasteiger partial charge on any atom is -0.326 e. The lowest BCUT2D eigenvalue weighted by atomic mass is 10.2. The molecule has 0 aliphatic carbocycles. The molecule has 7 heteroatoms. The van der Waals surface area contributed by atoms with Crippen LogP contribution in [0.15, 0.2) is 53.6 Å². The summed E-state index contributed by atoms with van der Waals surface area (Å²) in [5, 5.41) is 6.99. The van der Waals surface area contributed by atoms with Crippen LogP contribution in [0.3, 0.4) is 0 Å². The Kier molecular flexibility index (Phi) is 6.45. The van der Waals surface area contributed by atoms with E-state index in [1.807, 2.05) is 0 Å². The van der Waals surface area contributed by atoms with Crippen LogP contribution in [-0.2, 0) is 9.59 Å². The number of nitrogens with one attached hydrogen (secondary N) is 2. The fourth-order valence-corrected chi connectivity index (χ4v) is 1.89. The Morgan fingerprint density at radius 1 is 1.00 bits per heavy atom. The molecule has 0 unspecified atom stereocenters. The molecule has 0 atom stereocenters. The summed E-state index contributed by atoms with van der Waals surface area (Å²) in [6.45, 7) is 0. The van der Waals surface area contributed by atoms with E-state index >= 15 is 0 Å². The maximum Gasteiger partial charge on any atom is 0.240 e. The molecular formula is C17H15ClFN3O2. The molecule has 2 aromatic carbocycles. The minimum absolute atomic E-state index is 0.000323. The summed E-state index contributed by atoms with van der Waals surface area (Å²) >= 11 is 5.76. The number of hydrogen-bond acceptors (Lipinski definition) is 3. The first kappa shape index (κ1) is 17.6. The van der Waals surface area contributed by atoms with Crippen molar-refractivity contribution in [3.05, 3.63) is 64.9 Å². The molecule has 0 bridgehead atoms. The number of hydrazone groups is 1. The van der Waals surface area contributed by atoms with Crippen LogP contribution >= 0.6 is 11.6 Å². The van der Waals surface area contributed by atoms with Crippen LogP contribution in [0.1, 0.15) is 18.4 Å². The minimum atomic E-state index is -0.383. The molecule has 2 N–H and O–H groups in total. The highest BCUT2D eigenvalue weighted by atomic mass is 35.5. The highest BCUT2D eigenvalue weighted by Gasteiger charge is 2.06. The Labute approximate surface area is 143 Å². The zero-order valence-electron chi connectivity index (χ0n) is 12.6. The van der Waals surface area contributed by atoms with Crippen LogP contribution in [0, 0.1) is 5.82 Å². The standard InChI is InChI=1S/C17H15ClFN3O2/c18-13-3-1-12(2-4-13)11-20-22-17(24)10-9-16(23)21-15-7-5-14(19)6-8-15/h1-8,11H,9-10H2,(H,21,23)(H,22,24). The smallest absolute Gasteiger partial charge is 0.240 e. The van der Waals surface area contributed by atoms with Crippen LogP contribution < -0.4 is 10.7 Å². The van der Waals surface area contributed by atoms with E-state index in [4.69, 9.17) is 11.6 Å². The Morgan fingerprint density at radius 3 is 2.29 bits per heavy atom. The predicted molar refractivity (Wildman–Crippen MR) is 91.5 cm³/mol. The third-order valence-corrected chi connectivity index (χ3v) is 3.23. The lowest BCUT2D eigenvalue weighted by Crippen LogP contribution is -2.20. The maximum atomic E-state index is 12.8. The number of carbonyl (C=O) groups is 2. The quantitative estimate of drug-likeness (QED) is 0.621. The van der Waals surface area contributed by atoms with Crippen molar-refractivity contribution in [1.82, 2.24) is 5.43 Å². The number of benzene rings is 2. The van der Waals surface area contributed by atoms with Gasteiger partial charge in [0.05, 0.1) is 6.21 Å². The SMILES string of the molecule is O=C(CCC(=O)Nc1ccc(F)cc1)NN=Cc1ccc(Cl)cc1. The molecule has 0 spiro atoms. The molecule has 2 rings (SSSR count). The van der Waals surface area contributed by atoms with Gasteiger partial charge in [-0.1, -0.05) is 23.7 Å². The van der Waals surface area contributed by atoms with Gasteiger partial charge in [0.15, 0.2) is 0 Å².